The summed E-state index contributed by atoms with van der Waals surface area (Å²) in [5.74, 6) is -0.351. The Hall–Kier alpha value is -1.55. The van der Waals surface area contributed by atoms with Gasteiger partial charge in [0, 0.05) is 0 Å². The summed E-state index contributed by atoms with van der Waals surface area (Å²) in [7, 11) is 0. The first-order valence-electron chi connectivity index (χ1n) is 5.39. The van der Waals surface area contributed by atoms with Gasteiger partial charge in [0.1, 0.15) is 23.2 Å². The van der Waals surface area contributed by atoms with Gasteiger partial charge in [-0.05, 0) is 25.0 Å². The van der Waals surface area contributed by atoms with Crippen LogP contribution in [0, 0.1) is 5.92 Å². The number of hydrogen-bond acceptors (Lipinski definition) is 4. The maximum absolute atomic E-state index is 12.1. The Bertz CT molecular complexity index is 454. The molecule has 1 aromatic carbocycles. The zero-order valence-corrected chi connectivity index (χ0v) is 8.59. The van der Waals surface area contributed by atoms with E-state index in [1.807, 2.05) is 0 Å². The molecule has 1 saturated carbocycles. The average Bonchev–Trinajstić information content (AvgIpc) is 2.60. The molecule has 16 heavy (non-hydrogen) atoms. The van der Waals surface area contributed by atoms with Crippen LogP contribution in [-0.2, 0) is 0 Å². The van der Waals surface area contributed by atoms with Gasteiger partial charge in [0.15, 0.2) is 5.78 Å². The molecule has 1 fully saturated rings. The summed E-state index contributed by atoms with van der Waals surface area (Å²) < 4.78 is 5.64. The molecule has 1 aliphatic carbocycles. The number of rotatable bonds is 0. The summed E-state index contributed by atoms with van der Waals surface area (Å²) in [6.07, 6.45) is 0.379. The van der Waals surface area contributed by atoms with Crippen LogP contribution in [-0.4, -0.2) is 28.2 Å². The van der Waals surface area contributed by atoms with Crippen molar-refractivity contribution in [2.45, 2.75) is 25.0 Å². The quantitative estimate of drug-likeness (QED) is 0.687. The predicted molar refractivity (Wildman–Crippen MR) is 55.6 cm³/mol. The molecule has 4 nitrogen and oxygen atoms in total. The second-order valence-corrected chi connectivity index (χ2v) is 4.34. The van der Waals surface area contributed by atoms with E-state index in [1.54, 1.807) is 12.1 Å². The Balaban J connectivity index is 2.11. The number of aliphatic hydroxyl groups excluding tert-OH is 1. The molecule has 0 bridgehead atoms. The first-order valence-corrected chi connectivity index (χ1v) is 5.39. The van der Waals surface area contributed by atoms with Gasteiger partial charge in [-0.2, -0.15) is 0 Å². The van der Waals surface area contributed by atoms with Crippen LogP contribution >= 0.6 is 0 Å². The largest absolute Gasteiger partial charge is 0.507 e. The molecule has 84 valence electrons. The number of carbonyl (C=O) groups is 1. The summed E-state index contributed by atoms with van der Waals surface area (Å²) in [5, 5.41) is 19.4. The Morgan fingerprint density at radius 2 is 2.12 bits per heavy atom. The van der Waals surface area contributed by atoms with Gasteiger partial charge in [-0.3, -0.25) is 4.79 Å². The van der Waals surface area contributed by atoms with Crippen molar-refractivity contribution in [1.82, 2.24) is 0 Å². The Labute approximate surface area is 92.5 Å². The Kier molecular flexibility index (Phi) is 1.94. The molecular weight excluding hydrogens is 208 g/mol. The second-order valence-electron chi connectivity index (χ2n) is 4.34. The topological polar surface area (TPSA) is 66.8 Å². The molecule has 0 saturated heterocycles. The first kappa shape index (κ1) is 9.66. The molecule has 0 radical (unpaired) electrons. The first-order chi connectivity index (χ1) is 7.68. The maximum atomic E-state index is 12.1. The highest BCUT2D eigenvalue weighted by molar-refractivity contribution is 6.04. The maximum Gasteiger partial charge on any atom is 0.179 e. The van der Waals surface area contributed by atoms with Gasteiger partial charge in [0.2, 0.25) is 0 Å². The van der Waals surface area contributed by atoms with E-state index in [-0.39, 0.29) is 23.2 Å². The van der Waals surface area contributed by atoms with Crippen molar-refractivity contribution in [1.29, 1.82) is 0 Å². The van der Waals surface area contributed by atoms with Crippen LogP contribution in [0.1, 0.15) is 23.2 Å². The van der Waals surface area contributed by atoms with E-state index in [0.29, 0.717) is 18.6 Å². The number of ether oxygens (including phenoxy) is 1. The molecule has 3 rings (SSSR count). The molecule has 2 aliphatic rings. The summed E-state index contributed by atoms with van der Waals surface area (Å²) >= 11 is 0. The lowest BCUT2D eigenvalue weighted by Gasteiger charge is -2.29. The molecule has 0 spiro atoms. The number of phenols is 1. The number of fused-ring (bicyclic) bond motifs is 2. The van der Waals surface area contributed by atoms with E-state index in [4.69, 9.17) is 4.74 Å². The third-order valence-corrected chi connectivity index (χ3v) is 3.39. The van der Waals surface area contributed by atoms with E-state index in [1.165, 1.54) is 6.07 Å². The molecule has 1 aliphatic heterocycles. The molecule has 3 unspecified atom stereocenters. The lowest BCUT2D eigenvalue weighted by atomic mass is 9.89. The zero-order valence-electron chi connectivity index (χ0n) is 8.59. The number of ketones is 1. The summed E-state index contributed by atoms with van der Waals surface area (Å²) in [6.45, 7) is 0. The van der Waals surface area contributed by atoms with Gasteiger partial charge >= 0.3 is 0 Å². The normalized spacial score (nSPS) is 31.8. The number of hydrogen-bond donors (Lipinski definition) is 2. The third kappa shape index (κ3) is 1.16. The van der Waals surface area contributed by atoms with Crippen molar-refractivity contribution in [3.05, 3.63) is 23.8 Å². The fraction of sp³-hybridized carbons (Fsp3) is 0.417. The van der Waals surface area contributed by atoms with E-state index in [0.717, 1.165) is 0 Å². The molecule has 4 heteroatoms. The molecule has 2 N–H and O–H groups in total. The molecule has 1 aromatic rings. The van der Waals surface area contributed by atoms with Gasteiger partial charge < -0.3 is 14.9 Å². The monoisotopic (exact) mass is 220 g/mol. The number of aliphatic hydroxyl groups is 1. The summed E-state index contributed by atoms with van der Waals surface area (Å²) in [4.78, 5) is 12.1. The van der Waals surface area contributed by atoms with Gasteiger partial charge in [-0.15, -0.1) is 0 Å². The van der Waals surface area contributed by atoms with Crippen LogP contribution in [0.25, 0.3) is 0 Å². The van der Waals surface area contributed by atoms with E-state index in [9.17, 15) is 15.0 Å². The van der Waals surface area contributed by atoms with Crippen molar-refractivity contribution in [2.24, 2.45) is 5.92 Å². The number of Topliss-reactive ketones (excluding diaryl/α,β-unsaturated/α-hetero) is 1. The lowest BCUT2D eigenvalue weighted by Crippen LogP contribution is -2.38. The van der Waals surface area contributed by atoms with Crippen LogP contribution in [0.15, 0.2) is 18.2 Å². The van der Waals surface area contributed by atoms with Gasteiger partial charge in [-0.1, -0.05) is 6.07 Å². The van der Waals surface area contributed by atoms with Gasteiger partial charge in [0.05, 0.1) is 12.0 Å². The number of benzene rings is 1. The summed E-state index contributed by atoms with van der Waals surface area (Å²) in [5.41, 5.74) is 0.213. The lowest BCUT2D eigenvalue weighted by molar-refractivity contribution is 0.0474. The minimum absolute atomic E-state index is 0.0694. The van der Waals surface area contributed by atoms with E-state index >= 15 is 0 Å². The summed E-state index contributed by atoms with van der Waals surface area (Å²) in [6, 6.07) is 4.78. The molecular formula is C12H12O4. The van der Waals surface area contributed by atoms with Crippen molar-refractivity contribution in [3.63, 3.8) is 0 Å². The van der Waals surface area contributed by atoms with E-state index in [2.05, 4.69) is 0 Å². The van der Waals surface area contributed by atoms with Crippen molar-refractivity contribution in [3.8, 4) is 11.5 Å². The van der Waals surface area contributed by atoms with Gasteiger partial charge in [0.25, 0.3) is 0 Å². The number of phenolic OH excluding ortho intramolecular Hbond substituents is 1. The SMILES string of the molecule is O=C1c2c(O)cccc2OC2CCC(O)C12. The minimum atomic E-state index is -0.648. The molecule has 0 amide bonds. The standard InChI is InChI=1S/C12H12O4/c13-6-2-1-3-8-10(6)12(15)11-7(14)4-5-9(11)16-8/h1-3,7,9,11,13-14H,4-5H2. The Morgan fingerprint density at radius 3 is 2.94 bits per heavy atom. The average molecular weight is 220 g/mol. The highest BCUT2D eigenvalue weighted by Crippen LogP contribution is 2.42. The van der Waals surface area contributed by atoms with Crippen LogP contribution in [0.4, 0.5) is 0 Å². The minimum Gasteiger partial charge on any atom is -0.507 e. The smallest absolute Gasteiger partial charge is 0.179 e. The van der Waals surface area contributed by atoms with Crippen LogP contribution in [0.5, 0.6) is 11.5 Å². The molecule has 3 atom stereocenters. The van der Waals surface area contributed by atoms with Crippen LogP contribution in [0.3, 0.4) is 0 Å². The zero-order chi connectivity index (χ0) is 11.3. The third-order valence-electron chi connectivity index (χ3n) is 3.39. The van der Waals surface area contributed by atoms with Crippen molar-refractivity contribution < 1.29 is 19.7 Å². The highest BCUT2D eigenvalue weighted by atomic mass is 16.5. The fourth-order valence-electron chi connectivity index (χ4n) is 2.61. The number of carbonyl (C=O) groups excluding carboxylic acids is 1. The van der Waals surface area contributed by atoms with Crippen LogP contribution in [0.2, 0.25) is 0 Å². The highest BCUT2D eigenvalue weighted by Gasteiger charge is 2.46. The Morgan fingerprint density at radius 1 is 1.31 bits per heavy atom. The fourth-order valence-corrected chi connectivity index (χ4v) is 2.61. The predicted octanol–water partition coefficient (Wildman–Crippen LogP) is 1.11. The van der Waals surface area contributed by atoms with Gasteiger partial charge in [-0.25, -0.2) is 0 Å². The van der Waals surface area contributed by atoms with E-state index < -0.39 is 12.0 Å². The van der Waals surface area contributed by atoms with Crippen LogP contribution < -0.4 is 4.74 Å². The second kappa shape index (κ2) is 3.22. The number of aromatic hydroxyl groups is 1. The van der Waals surface area contributed by atoms with Crippen molar-refractivity contribution in [2.75, 3.05) is 0 Å². The molecule has 1 heterocycles. The molecule has 0 aromatic heterocycles. The van der Waals surface area contributed by atoms with Crippen molar-refractivity contribution >= 4 is 5.78 Å².